The highest BCUT2D eigenvalue weighted by molar-refractivity contribution is 6.15. The first-order valence-corrected chi connectivity index (χ1v) is 13.6. The molecule has 1 aromatic heterocycles. The van der Waals surface area contributed by atoms with E-state index in [-0.39, 0.29) is 5.78 Å². The van der Waals surface area contributed by atoms with Crippen LogP contribution < -0.4 is 0 Å². The maximum Gasteiger partial charge on any atom is 0.335 e. The molecule has 1 aromatic carbocycles. The summed E-state index contributed by atoms with van der Waals surface area (Å²) in [6.07, 6.45) is 3.81. The molecule has 0 amide bonds. The Kier molecular flexibility index (Phi) is 11.5. The lowest BCUT2D eigenvalue weighted by molar-refractivity contribution is -0.165. The maximum absolute atomic E-state index is 13.2. The molecule has 4 unspecified atom stereocenters. The SMILES string of the molecule is C=CC1CN(CCN2CCCC2)CCC1CC(=C)C(=O)c1ccnc2ccccc12.O=C(O)C(O)C(O)C(=O)O. The molecule has 10 heteroatoms. The van der Waals surface area contributed by atoms with E-state index in [1.807, 2.05) is 30.3 Å². The number of carboxylic acids is 2. The monoisotopic (exact) mass is 553 g/mol. The van der Waals surface area contributed by atoms with Crippen LogP contribution in [0, 0.1) is 11.8 Å². The molecule has 4 N–H and O–H groups in total. The van der Waals surface area contributed by atoms with Crippen LogP contribution in [0.25, 0.3) is 10.9 Å². The number of carbonyl (C=O) groups is 3. The molecule has 3 heterocycles. The van der Waals surface area contributed by atoms with Crippen molar-refractivity contribution in [2.75, 3.05) is 39.3 Å². The number of hydrogen-bond donors (Lipinski definition) is 4. The third-order valence-electron chi connectivity index (χ3n) is 7.65. The maximum atomic E-state index is 13.2. The number of aromatic nitrogens is 1. The minimum absolute atomic E-state index is 0.0490. The number of para-hydroxylation sites is 1. The Labute approximate surface area is 234 Å². The standard InChI is InChI=1S/C26H33N3O.C4H6O6/c1-3-21-19-29(17-16-28-13-6-7-14-28)15-11-22(21)18-20(2)26(30)24-10-12-27-25-9-5-4-8-23(24)25;5-1(3(7)8)2(6)4(9)10/h3-5,8-10,12,21-22H,1-2,6-7,11,13-19H2;1-2,5-6H,(H,7,8)(H,9,10). The minimum Gasteiger partial charge on any atom is -0.479 e. The molecule has 4 atom stereocenters. The van der Waals surface area contributed by atoms with E-state index in [0.717, 1.165) is 43.4 Å². The van der Waals surface area contributed by atoms with E-state index in [1.54, 1.807) is 6.20 Å². The van der Waals surface area contributed by atoms with E-state index >= 15 is 0 Å². The summed E-state index contributed by atoms with van der Waals surface area (Å²) < 4.78 is 0. The average Bonchev–Trinajstić information content (AvgIpc) is 3.49. The molecule has 2 aliphatic rings. The van der Waals surface area contributed by atoms with Crippen molar-refractivity contribution in [1.82, 2.24) is 14.8 Å². The fourth-order valence-electron chi connectivity index (χ4n) is 5.28. The third kappa shape index (κ3) is 8.28. The summed E-state index contributed by atoms with van der Waals surface area (Å²) in [6, 6.07) is 9.64. The Balaban J connectivity index is 0.000000378. The normalized spacial score (nSPS) is 21.1. The zero-order valence-electron chi connectivity index (χ0n) is 22.7. The molecule has 2 aromatic rings. The van der Waals surface area contributed by atoms with Crippen molar-refractivity contribution in [2.24, 2.45) is 11.8 Å². The zero-order chi connectivity index (χ0) is 29.2. The largest absolute Gasteiger partial charge is 0.479 e. The van der Waals surface area contributed by atoms with Crippen molar-refractivity contribution in [3.63, 3.8) is 0 Å². The van der Waals surface area contributed by atoms with Gasteiger partial charge in [0.1, 0.15) is 0 Å². The van der Waals surface area contributed by atoms with Crippen molar-refractivity contribution >= 4 is 28.6 Å². The fourth-order valence-corrected chi connectivity index (χ4v) is 5.28. The summed E-state index contributed by atoms with van der Waals surface area (Å²) in [5, 5.41) is 33.4. The highest BCUT2D eigenvalue weighted by atomic mass is 16.4. The molecule has 0 spiro atoms. The van der Waals surface area contributed by atoms with Gasteiger partial charge in [-0.2, -0.15) is 0 Å². The molecule has 216 valence electrons. The van der Waals surface area contributed by atoms with Crippen molar-refractivity contribution in [3.05, 3.63) is 66.9 Å². The van der Waals surface area contributed by atoms with Crippen LogP contribution in [0.3, 0.4) is 0 Å². The van der Waals surface area contributed by atoms with E-state index in [9.17, 15) is 14.4 Å². The minimum atomic E-state index is -2.27. The lowest BCUT2D eigenvalue weighted by Crippen LogP contribution is -2.43. The van der Waals surface area contributed by atoms with Crippen LogP contribution in [0.2, 0.25) is 0 Å². The third-order valence-corrected chi connectivity index (χ3v) is 7.65. The van der Waals surface area contributed by atoms with Gasteiger partial charge in [0.2, 0.25) is 0 Å². The number of nitrogens with zero attached hydrogens (tertiary/aromatic N) is 3. The molecular weight excluding hydrogens is 514 g/mol. The Bertz CT molecular complexity index is 1190. The van der Waals surface area contributed by atoms with E-state index in [2.05, 4.69) is 34.0 Å². The summed E-state index contributed by atoms with van der Waals surface area (Å²) in [4.78, 5) is 42.2. The molecule has 2 saturated heterocycles. The second-order valence-corrected chi connectivity index (χ2v) is 10.4. The first kappa shape index (κ1) is 31.1. The topological polar surface area (TPSA) is 152 Å². The Morgan fingerprint density at radius 3 is 2.23 bits per heavy atom. The van der Waals surface area contributed by atoms with Crippen LogP contribution in [-0.4, -0.2) is 104 Å². The number of likely N-dealkylation sites (tertiary alicyclic amines) is 2. The molecule has 0 aliphatic carbocycles. The first-order valence-electron chi connectivity index (χ1n) is 13.6. The summed E-state index contributed by atoms with van der Waals surface area (Å²) in [5.41, 5.74) is 2.27. The Morgan fingerprint density at radius 1 is 0.975 bits per heavy atom. The number of aliphatic hydroxyl groups is 2. The predicted octanol–water partition coefficient (Wildman–Crippen LogP) is 2.46. The lowest BCUT2D eigenvalue weighted by atomic mass is 9.80. The fraction of sp³-hybridized carbons (Fsp3) is 0.467. The van der Waals surface area contributed by atoms with Gasteiger partial charge in [0.15, 0.2) is 18.0 Å². The van der Waals surface area contributed by atoms with Gasteiger partial charge in [0.25, 0.3) is 0 Å². The second kappa shape index (κ2) is 14.8. The Morgan fingerprint density at radius 2 is 1.60 bits per heavy atom. The molecule has 0 bridgehead atoms. The van der Waals surface area contributed by atoms with Gasteiger partial charge in [-0.1, -0.05) is 30.9 Å². The number of rotatable bonds is 11. The number of allylic oxidation sites excluding steroid dienone is 1. The molecule has 2 aliphatic heterocycles. The summed E-state index contributed by atoms with van der Waals surface area (Å²) in [5.74, 6) is -2.64. The number of fused-ring (bicyclic) bond motifs is 1. The van der Waals surface area contributed by atoms with Crippen LogP contribution >= 0.6 is 0 Å². The number of carbonyl (C=O) groups excluding carboxylic acids is 1. The van der Waals surface area contributed by atoms with Gasteiger partial charge < -0.3 is 30.2 Å². The summed E-state index contributed by atoms with van der Waals surface area (Å²) in [7, 11) is 0. The number of aliphatic hydroxyl groups excluding tert-OH is 2. The number of piperidine rings is 1. The molecule has 0 saturated carbocycles. The molecule has 0 radical (unpaired) electrons. The number of carboxylic acid groups (broad SMARTS) is 2. The second-order valence-electron chi connectivity index (χ2n) is 10.4. The highest BCUT2D eigenvalue weighted by Crippen LogP contribution is 2.31. The number of ketones is 1. The zero-order valence-corrected chi connectivity index (χ0v) is 22.7. The van der Waals surface area contributed by atoms with Crippen molar-refractivity contribution < 1.29 is 34.8 Å². The number of aliphatic carboxylic acids is 2. The van der Waals surface area contributed by atoms with E-state index in [1.165, 1.54) is 32.5 Å². The average molecular weight is 554 g/mol. The predicted molar refractivity (Wildman–Crippen MR) is 151 cm³/mol. The number of hydrogen-bond acceptors (Lipinski definition) is 8. The Hall–Kier alpha value is -3.44. The quantitative estimate of drug-likeness (QED) is 0.186. The van der Waals surface area contributed by atoms with Gasteiger partial charge in [-0.25, -0.2) is 9.59 Å². The molecular formula is C30H39N3O7. The van der Waals surface area contributed by atoms with Crippen LogP contribution in [0.5, 0.6) is 0 Å². The van der Waals surface area contributed by atoms with E-state index in [0.29, 0.717) is 23.0 Å². The van der Waals surface area contributed by atoms with E-state index < -0.39 is 24.1 Å². The van der Waals surface area contributed by atoms with Crippen LogP contribution in [0.15, 0.2) is 61.3 Å². The van der Waals surface area contributed by atoms with Crippen LogP contribution in [-0.2, 0) is 9.59 Å². The van der Waals surface area contributed by atoms with Crippen molar-refractivity contribution in [3.8, 4) is 0 Å². The molecule has 10 nitrogen and oxygen atoms in total. The van der Waals surface area contributed by atoms with Crippen LogP contribution in [0.1, 0.15) is 36.0 Å². The summed E-state index contributed by atoms with van der Waals surface area (Å²) >= 11 is 0. The molecule has 40 heavy (non-hydrogen) atoms. The number of Topliss-reactive ketones (excluding diaryl/α,β-unsaturated/α-hetero) is 1. The number of pyridine rings is 1. The first-order chi connectivity index (χ1) is 19.1. The smallest absolute Gasteiger partial charge is 0.335 e. The van der Waals surface area contributed by atoms with Crippen molar-refractivity contribution in [2.45, 2.75) is 37.9 Å². The van der Waals surface area contributed by atoms with Gasteiger partial charge in [-0.3, -0.25) is 9.78 Å². The van der Waals surface area contributed by atoms with Gasteiger partial charge >= 0.3 is 11.9 Å². The van der Waals surface area contributed by atoms with Gasteiger partial charge in [0.05, 0.1) is 5.52 Å². The van der Waals surface area contributed by atoms with Crippen LogP contribution in [0.4, 0.5) is 0 Å². The van der Waals surface area contributed by atoms with Crippen molar-refractivity contribution in [1.29, 1.82) is 0 Å². The van der Waals surface area contributed by atoms with E-state index in [4.69, 9.17) is 20.4 Å². The van der Waals surface area contributed by atoms with Gasteiger partial charge in [-0.15, -0.1) is 6.58 Å². The summed E-state index contributed by atoms with van der Waals surface area (Å²) in [6.45, 7) is 15.3. The molecule has 2 fully saturated rings. The van der Waals surface area contributed by atoms with Gasteiger partial charge in [0, 0.05) is 36.8 Å². The van der Waals surface area contributed by atoms with Gasteiger partial charge in [-0.05, 0) is 74.9 Å². The lowest BCUT2D eigenvalue weighted by Gasteiger charge is -2.38. The number of benzene rings is 1. The highest BCUT2D eigenvalue weighted by Gasteiger charge is 2.30. The molecule has 4 rings (SSSR count).